The van der Waals surface area contributed by atoms with Crippen LogP contribution >= 0.6 is 0 Å². The van der Waals surface area contributed by atoms with E-state index in [-0.39, 0.29) is 31.7 Å². The molecule has 3 atom stereocenters. The summed E-state index contributed by atoms with van der Waals surface area (Å²) in [6.45, 7) is -1.24. The van der Waals surface area contributed by atoms with Gasteiger partial charge in [-0.3, -0.25) is 19.0 Å². The summed E-state index contributed by atoms with van der Waals surface area (Å²) < 4.78 is 38.0. The second-order valence-corrected chi connectivity index (χ2v) is 6.08. The van der Waals surface area contributed by atoms with E-state index in [1.165, 1.54) is 0 Å². The van der Waals surface area contributed by atoms with Crippen LogP contribution in [-0.4, -0.2) is 69.3 Å². The van der Waals surface area contributed by atoms with Gasteiger partial charge in [-0.1, -0.05) is 0 Å². The highest BCUT2D eigenvalue weighted by Gasteiger charge is 2.59. The lowest BCUT2D eigenvalue weighted by Gasteiger charge is -2.21. The Balaban J connectivity index is 1.96. The summed E-state index contributed by atoms with van der Waals surface area (Å²) in [7, 11) is 0. The summed E-state index contributed by atoms with van der Waals surface area (Å²) >= 11 is 0. The van der Waals surface area contributed by atoms with Crippen molar-refractivity contribution >= 4 is 24.0 Å². The molecule has 0 unspecified atom stereocenters. The van der Waals surface area contributed by atoms with Crippen LogP contribution in [0.2, 0.25) is 0 Å². The number of aldehydes is 1. The van der Waals surface area contributed by atoms with Crippen molar-refractivity contribution < 1.29 is 42.9 Å². The van der Waals surface area contributed by atoms with Crippen LogP contribution in [-0.2, 0) is 23.9 Å². The number of aliphatic hydroxyl groups excluding tert-OH is 2. The fourth-order valence-electron chi connectivity index (χ4n) is 2.58. The predicted molar refractivity (Wildman–Crippen MR) is 90.0 cm³/mol. The molecule has 1 saturated heterocycles. The van der Waals surface area contributed by atoms with Crippen LogP contribution in [0.1, 0.15) is 25.5 Å². The molecule has 1 aliphatic heterocycles. The number of rotatable bonds is 9. The van der Waals surface area contributed by atoms with Crippen LogP contribution in [0.25, 0.3) is 0 Å². The Morgan fingerprint density at radius 1 is 1.41 bits per heavy atom. The number of amides is 1. The first kappa shape index (κ1) is 22.5. The topological polar surface area (TPSA) is 157 Å². The number of nitrogens with one attached hydrogen (secondary N) is 1. The first-order chi connectivity index (χ1) is 13.7. The van der Waals surface area contributed by atoms with Gasteiger partial charge in [0.15, 0.2) is 12.4 Å². The fourth-order valence-corrected chi connectivity index (χ4v) is 2.58. The molecule has 1 amide bonds. The minimum atomic E-state index is -3.85. The zero-order chi connectivity index (χ0) is 21.6. The fraction of sp³-hybridized carbons (Fsp3) is 0.562. The quantitative estimate of drug-likeness (QED) is 0.337. The molecule has 13 heteroatoms. The van der Waals surface area contributed by atoms with Gasteiger partial charge in [-0.05, 0) is 12.5 Å². The summed E-state index contributed by atoms with van der Waals surface area (Å²) in [4.78, 5) is 48.6. The van der Waals surface area contributed by atoms with Gasteiger partial charge in [0.05, 0.1) is 6.61 Å². The predicted octanol–water partition coefficient (Wildman–Crippen LogP) is -1.02. The molecule has 0 aliphatic carbocycles. The van der Waals surface area contributed by atoms with Crippen LogP contribution in [0, 0.1) is 0 Å². The van der Waals surface area contributed by atoms with E-state index in [0.29, 0.717) is 10.9 Å². The molecule has 0 spiro atoms. The number of ether oxygens (including phenoxy) is 2. The number of aromatic nitrogens is 2. The summed E-state index contributed by atoms with van der Waals surface area (Å²) in [5, 5.41) is 20.8. The number of aliphatic hydroxyl groups is 2. The number of nitrogens with zero attached hydrogens (tertiary/aromatic N) is 2. The van der Waals surface area contributed by atoms with Crippen molar-refractivity contribution in [2.24, 2.45) is 0 Å². The zero-order valence-electron chi connectivity index (χ0n) is 15.0. The number of carbonyl (C=O) groups excluding carboxylic acids is 3. The Kier molecular flexibility index (Phi) is 7.47. The van der Waals surface area contributed by atoms with E-state index in [2.05, 4.69) is 15.0 Å². The normalized spacial score (nSPS) is 22.8. The first-order valence-electron chi connectivity index (χ1n) is 8.51. The van der Waals surface area contributed by atoms with E-state index in [1.54, 1.807) is 0 Å². The summed E-state index contributed by atoms with van der Waals surface area (Å²) in [6, 6.07) is 1.08. The second kappa shape index (κ2) is 9.62. The van der Waals surface area contributed by atoms with Gasteiger partial charge in [0, 0.05) is 19.0 Å². The van der Waals surface area contributed by atoms with Gasteiger partial charge in [-0.2, -0.15) is 13.8 Å². The minimum absolute atomic E-state index is 0.0985. The molecule has 11 nitrogen and oxygen atoms in total. The minimum Gasteiger partial charge on any atom is -0.458 e. The van der Waals surface area contributed by atoms with Crippen molar-refractivity contribution in [1.82, 2.24) is 9.55 Å². The van der Waals surface area contributed by atoms with Crippen LogP contribution in [0.4, 0.5) is 14.6 Å². The maximum atomic E-state index is 14.1. The molecule has 1 aliphatic rings. The van der Waals surface area contributed by atoms with Crippen LogP contribution in [0.15, 0.2) is 17.1 Å². The molecule has 0 radical (unpaired) electrons. The molecule has 3 N–H and O–H groups in total. The second-order valence-electron chi connectivity index (χ2n) is 6.08. The Hall–Kier alpha value is -2.77. The number of anilines is 1. The third kappa shape index (κ3) is 5.40. The smallest absolute Gasteiger partial charge is 0.351 e. The van der Waals surface area contributed by atoms with Gasteiger partial charge in [-0.25, -0.2) is 4.79 Å². The Morgan fingerprint density at radius 2 is 2.14 bits per heavy atom. The average Bonchev–Trinajstić information content (AvgIpc) is 2.89. The Labute approximate surface area is 162 Å². The van der Waals surface area contributed by atoms with Crippen molar-refractivity contribution in [2.75, 3.05) is 18.5 Å². The number of hydrogen-bond donors (Lipinski definition) is 3. The summed E-state index contributed by atoms with van der Waals surface area (Å²) in [5.74, 6) is -5.29. The van der Waals surface area contributed by atoms with Crippen molar-refractivity contribution in [3.63, 3.8) is 0 Å². The highest BCUT2D eigenvalue weighted by Crippen LogP contribution is 2.41. The lowest BCUT2D eigenvalue weighted by molar-refractivity contribution is -0.145. The van der Waals surface area contributed by atoms with Gasteiger partial charge in [0.25, 0.3) is 0 Å². The SMILES string of the molecule is O=CCOC(=O)CCCC(=O)Nc1ccn([C@@H]2O[C@H](CO)[C@@H](O)C2(F)F)c(=O)n1. The molecule has 1 fully saturated rings. The summed E-state index contributed by atoms with van der Waals surface area (Å²) in [6.07, 6.45) is -4.82. The number of carbonyl (C=O) groups is 3. The van der Waals surface area contributed by atoms with E-state index in [0.717, 1.165) is 12.3 Å². The van der Waals surface area contributed by atoms with Crippen molar-refractivity contribution in [3.05, 3.63) is 22.7 Å². The number of alkyl halides is 2. The van der Waals surface area contributed by atoms with Gasteiger partial charge >= 0.3 is 17.6 Å². The number of halogens is 2. The van der Waals surface area contributed by atoms with Gasteiger partial charge in [0.2, 0.25) is 12.1 Å². The molecule has 2 rings (SSSR count). The zero-order valence-corrected chi connectivity index (χ0v) is 15.0. The first-order valence-corrected chi connectivity index (χ1v) is 8.51. The van der Waals surface area contributed by atoms with Crippen molar-refractivity contribution in [3.8, 4) is 0 Å². The van der Waals surface area contributed by atoms with E-state index in [1.807, 2.05) is 0 Å². The molecule has 2 heterocycles. The maximum absolute atomic E-state index is 14.1. The van der Waals surface area contributed by atoms with Crippen LogP contribution in [0.5, 0.6) is 0 Å². The maximum Gasteiger partial charge on any atom is 0.351 e. The standard InChI is InChI=1S/C16H19F2N3O8/c17-16(18)13(26)9(8-23)29-14(16)21-5-4-10(20-15(21)27)19-11(24)2-1-3-12(25)28-7-6-22/h4-6,9,13-14,23,26H,1-3,7-8H2,(H,19,20,24,27)/t9-,13-,14-/m1/s1. The molecule has 0 bridgehead atoms. The van der Waals surface area contributed by atoms with E-state index in [9.17, 15) is 33.1 Å². The van der Waals surface area contributed by atoms with Crippen LogP contribution in [0.3, 0.4) is 0 Å². The molecule has 160 valence electrons. The van der Waals surface area contributed by atoms with Crippen molar-refractivity contribution in [2.45, 2.75) is 43.6 Å². The number of esters is 1. The molecule has 29 heavy (non-hydrogen) atoms. The monoisotopic (exact) mass is 419 g/mol. The third-order valence-electron chi connectivity index (χ3n) is 4.01. The molecular formula is C16H19F2N3O8. The highest BCUT2D eigenvalue weighted by molar-refractivity contribution is 5.89. The van der Waals surface area contributed by atoms with E-state index in [4.69, 9.17) is 9.84 Å². The summed E-state index contributed by atoms with van der Waals surface area (Å²) in [5.41, 5.74) is -1.17. The van der Waals surface area contributed by atoms with E-state index < -0.39 is 48.5 Å². The number of hydrogen-bond acceptors (Lipinski definition) is 9. The van der Waals surface area contributed by atoms with Crippen molar-refractivity contribution in [1.29, 1.82) is 0 Å². The largest absolute Gasteiger partial charge is 0.458 e. The molecule has 1 aromatic rings. The average molecular weight is 419 g/mol. The molecule has 1 aromatic heterocycles. The lowest BCUT2D eigenvalue weighted by atomic mass is 10.1. The molecule has 0 aromatic carbocycles. The third-order valence-corrected chi connectivity index (χ3v) is 4.01. The van der Waals surface area contributed by atoms with Gasteiger partial charge in [0.1, 0.15) is 18.5 Å². The van der Waals surface area contributed by atoms with Gasteiger partial charge < -0.3 is 25.0 Å². The molecular weight excluding hydrogens is 400 g/mol. The van der Waals surface area contributed by atoms with E-state index >= 15 is 0 Å². The highest BCUT2D eigenvalue weighted by atomic mass is 19.3. The molecule has 0 saturated carbocycles. The lowest BCUT2D eigenvalue weighted by Crippen LogP contribution is -2.41. The Morgan fingerprint density at radius 3 is 2.72 bits per heavy atom. The van der Waals surface area contributed by atoms with Gasteiger partial charge in [-0.15, -0.1) is 0 Å². The Bertz CT molecular complexity index is 816. The van der Waals surface area contributed by atoms with Crippen LogP contribution < -0.4 is 11.0 Å².